The summed E-state index contributed by atoms with van der Waals surface area (Å²) in [5.41, 5.74) is 4.64. The summed E-state index contributed by atoms with van der Waals surface area (Å²) in [6, 6.07) is 15.8. The van der Waals surface area contributed by atoms with Crippen molar-refractivity contribution in [3.8, 4) is 11.1 Å². The van der Waals surface area contributed by atoms with Crippen LogP contribution in [0.25, 0.3) is 21.3 Å². The molecule has 5 nitrogen and oxygen atoms in total. The molecule has 1 atom stereocenters. The van der Waals surface area contributed by atoms with Gasteiger partial charge in [0.2, 0.25) is 5.91 Å². The van der Waals surface area contributed by atoms with E-state index in [0.717, 1.165) is 32.8 Å². The van der Waals surface area contributed by atoms with Crippen LogP contribution < -0.4 is 10.9 Å². The maximum absolute atomic E-state index is 13.0. The molecule has 0 aliphatic carbocycles. The lowest BCUT2D eigenvalue weighted by atomic mass is 10.0. The van der Waals surface area contributed by atoms with Crippen molar-refractivity contribution >= 4 is 44.9 Å². The third kappa shape index (κ3) is 4.36. The largest absolute Gasteiger partial charge is 0.325 e. The van der Waals surface area contributed by atoms with Crippen LogP contribution in [0.1, 0.15) is 29.3 Å². The van der Waals surface area contributed by atoms with Crippen molar-refractivity contribution in [3.05, 3.63) is 74.9 Å². The molecule has 164 valence electrons. The second kappa shape index (κ2) is 9.30. The van der Waals surface area contributed by atoms with Crippen molar-refractivity contribution in [1.82, 2.24) is 9.97 Å². The normalized spacial score (nSPS) is 12.1. The van der Waals surface area contributed by atoms with E-state index in [1.54, 1.807) is 0 Å². The Balaban J connectivity index is 1.64. The zero-order valence-corrected chi connectivity index (χ0v) is 20.1. The van der Waals surface area contributed by atoms with E-state index < -0.39 is 0 Å². The Hall–Kier alpha value is -2.90. The zero-order chi connectivity index (χ0) is 22.8. The molecule has 0 radical (unpaired) electrons. The van der Waals surface area contributed by atoms with E-state index in [9.17, 15) is 9.59 Å². The second-order valence-corrected chi connectivity index (χ2v) is 10.1. The topological polar surface area (TPSA) is 74.8 Å². The van der Waals surface area contributed by atoms with Crippen molar-refractivity contribution < 1.29 is 4.79 Å². The molecule has 2 aromatic carbocycles. The lowest BCUT2D eigenvalue weighted by Gasteiger charge is -2.16. The van der Waals surface area contributed by atoms with Crippen LogP contribution in [0.5, 0.6) is 0 Å². The number of rotatable bonds is 6. The molecular formula is C25H25N3O2S2. The number of aromatic amines is 1. The summed E-state index contributed by atoms with van der Waals surface area (Å²) >= 11 is 2.80. The summed E-state index contributed by atoms with van der Waals surface area (Å²) in [7, 11) is 0. The van der Waals surface area contributed by atoms with Gasteiger partial charge in [0.1, 0.15) is 4.83 Å². The van der Waals surface area contributed by atoms with Crippen LogP contribution in [0, 0.1) is 20.8 Å². The van der Waals surface area contributed by atoms with Crippen molar-refractivity contribution in [2.45, 2.75) is 44.5 Å². The molecule has 0 aliphatic rings. The quantitative estimate of drug-likeness (QED) is 0.268. The summed E-state index contributed by atoms with van der Waals surface area (Å²) in [6.07, 6.45) is 0.613. The molecule has 0 fully saturated rings. The molecule has 2 aromatic heterocycles. The minimum Gasteiger partial charge on any atom is -0.325 e. The molecular weight excluding hydrogens is 438 g/mol. The first kappa shape index (κ1) is 22.3. The predicted molar refractivity (Wildman–Crippen MR) is 135 cm³/mol. The third-order valence-corrected chi connectivity index (χ3v) is 7.67. The fourth-order valence-electron chi connectivity index (χ4n) is 3.78. The first-order chi connectivity index (χ1) is 15.4. The van der Waals surface area contributed by atoms with Gasteiger partial charge >= 0.3 is 0 Å². The van der Waals surface area contributed by atoms with Gasteiger partial charge in [-0.25, -0.2) is 4.98 Å². The Morgan fingerprint density at radius 2 is 1.78 bits per heavy atom. The zero-order valence-electron chi connectivity index (χ0n) is 18.5. The molecule has 0 saturated heterocycles. The lowest BCUT2D eigenvalue weighted by Crippen LogP contribution is -2.26. The minimum absolute atomic E-state index is 0.0926. The highest BCUT2D eigenvalue weighted by Crippen LogP contribution is 2.36. The van der Waals surface area contributed by atoms with E-state index in [0.29, 0.717) is 21.8 Å². The van der Waals surface area contributed by atoms with Crippen LogP contribution in [0.3, 0.4) is 0 Å². The number of aryl methyl sites for hydroxylation is 3. The van der Waals surface area contributed by atoms with Crippen LogP contribution in [-0.2, 0) is 4.79 Å². The number of fused-ring (bicyclic) bond motifs is 1. The first-order valence-electron chi connectivity index (χ1n) is 10.5. The van der Waals surface area contributed by atoms with E-state index in [-0.39, 0.29) is 16.7 Å². The summed E-state index contributed by atoms with van der Waals surface area (Å²) in [5.74, 6) is -0.0926. The maximum Gasteiger partial charge on any atom is 0.260 e. The Kier molecular flexibility index (Phi) is 6.48. The summed E-state index contributed by atoms with van der Waals surface area (Å²) in [5, 5.41) is 3.76. The van der Waals surface area contributed by atoms with Crippen molar-refractivity contribution in [2.75, 3.05) is 5.32 Å². The van der Waals surface area contributed by atoms with Gasteiger partial charge in [0.05, 0.1) is 10.6 Å². The Bertz CT molecular complexity index is 1320. The summed E-state index contributed by atoms with van der Waals surface area (Å²) in [6.45, 7) is 7.93. The van der Waals surface area contributed by atoms with Gasteiger partial charge in [0, 0.05) is 16.1 Å². The van der Waals surface area contributed by atoms with Crippen LogP contribution in [0.2, 0.25) is 0 Å². The average Bonchev–Trinajstić information content (AvgIpc) is 3.11. The van der Waals surface area contributed by atoms with Gasteiger partial charge in [-0.1, -0.05) is 67.2 Å². The standard InChI is InChI=1S/C25H25N3O2S2/c1-5-18(22(29)26-21-14(2)10-9-11-15(21)3)32-25-27-23(30)20-19(16(4)31-24(20)28-25)17-12-7-6-8-13-17/h6-13,18H,5H2,1-4H3,(H,26,29)(H,27,28,30). The minimum atomic E-state index is -0.371. The molecule has 2 N–H and O–H groups in total. The van der Waals surface area contributed by atoms with Crippen LogP contribution >= 0.6 is 23.1 Å². The molecule has 32 heavy (non-hydrogen) atoms. The molecule has 4 aromatic rings. The van der Waals surface area contributed by atoms with Gasteiger partial charge in [0.25, 0.3) is 5.56 Å². The molecule has 1 amide bonds. The van der Waals surface area contributed by atoms with E-state index >= 15 is 0 Å². The molecule has 0 aliphatic heterocycles. The maximum atomic E-state index is 13.0. The number of thiophene rings is 1. The van der Waals surface area contributed by atoms with Gasteiger partial charge in [-0.05, 0) is 43.9 Å². The number of carbonyl (C=O) groups is 1. The number of carbonyl (C=O) groups excluding carboxylic acids is 1. The number of nitrogens with one attached hydrogen (secondary N) is 2. The summed E-state index contributed by atoms with van der Waals surface area (Å²) in [4.78, 5) is 35.4. The van der Waals surface area contributed by atoms with Crippen LogP contribution in [-0.4, -0.2) is 21.1 Å². The fourth-order valence-corrected chi connectivity index (χ4v) is 5.78. The number of nitrogens with zero attached hydrogens (tertiary/aromatic N) is 1. The number of H-pyrrole nitrogens is 1. The molecule has 0 saturated carbocycles. The highest BCUT2D eigenvalue weighted by Gasteiger charge is 2.22. The number of amides is 1. The third-order valence-electron chi connectivity index (χ3n) is 5.43. The van der Waals surface area contributed by atoms with Gasteiger partial charge in [-0.2, -0.15) is 0 Å². The number of hydrogen-bond donors (Lipinski definition) is 2. The molecule has 2 heterocycles. The SMILES string of the molecule is CCC(Sc1nc2sc(C)c(-c3ccccc3)c2c(=O)[nH]1)C(=O)Nc1c(C)cccc1C. The number of anilines is 1. The van der Waals surface area contributed by atoms with Gasteiger partial charge < -0.3 is 10.3 Å². The second-order valence-electron chi connectivity index (χ2n) is 7.72. The highest BCUT2D eigenvalue weighted by molar-refractivity contribution is 8.00. The number of hydrogen-bond acceptors (Lipinski definition) is 5. The Morgan fingerprint density at radius 1 is 1.09 bits per heavy atom. The fraction of sp³-hybridized carbons (Fsp3) is 0.240. The Morgan fingerprint density at radius 3 is 2.44 bits per heavy atom. The van der Waals surface area contributed by atoms with E-state index in [4.69, 9.17) is 4.98 Å². The highest BCUT2D eigenvalue weighted by atomic mass is 32.2. The Labute approximate surface area is 195 Å². The number of aromatic nitrogens is 2. The van der Waals surface area contributed by atoms with Crippen molar-refractivity contribution in [3.63, 3.8) is 0 Å². The number of thioether (sulfide) groups is 1. The average molecular weight is 464 g/mol. The molecule has 1 unspecified atom stereocenters. The smallest absolute Gasteiger partial charge is 0.260 e. The number of benzene rings is 2. The molecule has 0 spiro atoms. The van der Waals surface area contributed by atoms with Crippen LogP contribution in [0.4, 0.5) is 5.69 Å². The lowest BCUT2D eigenvalue weighted by molar-refractivity contribution is -0.115. The van der Waals surface area contributed by atoms with Crippen molar-refractivity contribution in [1.29, 1.82) is 0 Å². The summed E-state index contributed by atoms with van der Waals surface area (Å²) < 4.78 is 0. The van der Waals surface area contributed by atoms with Gasteiger partial charge in [0.15, 0.2) is 5.16 Å². The number of para-hydroxylation sites is 1. The van der Waals surface area contributed by atoms with Crippen LogP contribution in [0.15, 0.2) is 58.5 Å². The molecule has 4 rings (SSSR count). The van der Waals surface area contributed by atoms with Gasteiger partial charge in [-0.15, -0.1) is 11.3 Å². The van der Waals surface area contributed by atoms with Gasteiger partial charge in [-0.3, -0.25) is 9.59 Å². The van der Waals surface area contributed by atoms with E-state index in [2.05, 4.69) is 10.3 Å². The predicted octanol–water partition coefficient (Wildman–Crippen LogP) is 6.09. The van der Waals surface area contributed by atoms with E-state index in [1.165, 1.54) is 23.1 Å². The molecule has 0 bridgehead atoms. The van der Waals surface area contributed by atoms with Crippen molar-refractivity contribution in [2.24, 2.45) is 0 Å². The van der Waals surface area contributed by atoms with E-state index in [1.807, 2.05) is 76.2 Å². The first-order valence-corrected chi connectivity index (χ1v) is 12.2. The monoisotopic (exact) mass is 463 g/mol. The molecule has 7 heteroatoms.